The highest BCUT2D eigenvalue weighted by atomic mass is 19.1. The first kappa shape index (κ1) is 35.5. The number of nitrogens with zero attached hydrogens (tertiary/aromatic N) is 4. The molecule has 2 saturated heterocycles. The number of benzene rings is 4. The van der Waals surface area contributed by atoms with Gasteiger partial charge in [0, 0.05) is 75.2 Å². The molecular formula is C45H49FN5O4+. The van der Waals surface area contributed by atoms with Crippen molar-refractivity contribution in [3.63, 3.8) is 0 Å². The molecule has 4 heterocycles. The fourth-order valence-corrected chi connectivity index (χ4v) is 9.92. The molecule has 4 aromatic carbocycles. The Labute approximate surface area is 321 Å². The number of anilines is 2. The van der Waals surface area contributed by atoms with Gasteiger partial charge in [-0.1, -0.05) is 42.5 Å². The lowest BCUT2D eigenvalue weighted by atomic mass is 9.69. The average molecular weight is 743 g/mol. The first-order valence-corrected chi connectivity index (χ1v) is 20.0. The van der Waals surface area contributed by atoms with Crippen LogP contribution in [0.15, 0.2) is 84.9 Å². The standard InChI is InChI=1S/C45H48FN5O4/c46-40-26-34(8-12-39(40)43-36(30-4-2-1-3-5-30)10-6-31-25-35(52)9-13-37(31)43)49-18-16-29(17-19-49)27-48-20-22-50(23-21-48)33-7-11-38-32(24-33)28-51(45(38)55)41-14-15-42(53)47-44(41)54/h1-5,7-9,11-13,24-26,29,36,41,43,52H,6,10,14-23,27-28H2,(H,47,53,54)/p+1/t36-,41?,43+/m1/s1. The third kappa shape index (κ3) is 6.97. The molecule has 0 spiro atoms. The zero-order valence-corrected chi connectivity index (χ0v) is 31.2. The number of hydrogen-bond donors (Lipinski definition) is 3. The van der Waals surface area contributed by atoms with Crippen LogP contribution in [0.5, 0.6) is 5.75 Å². The molecule has 2 amide bonds. The van der Waals surface area contributed by atoms with Crippen molar-refractivity contribution in [1.82, 2.24) is 9.80 Å². The van der Waals surface area contributed by atoms with Gasteiger partial charge in [0.2, 0.25) is 0 Å². The first-order chi connectivity index (χ1) is 26.8. The molecule has 0 aromatic heterocycles. The Morgan fingerprint density at radius 1 is 0.709 bits per heavy atom. The van der Waals surface area contributed by atoms with Crippen molar-refractivity contribution in [3.05, 3.63) is 124 Å². The Kier molecular flexibility index (Phi) is 9.54. The summed E-state index contributed by atoms with van der Waals surface area (Å²) in [6, 6.07) is 27.5. The summed E-state index contributed by atoms with van der Waals surface area (Å²) in [5.74, 6) is 0.299. The fourth-order valence-electron chi connectivity index (χ4n) is 9.92. The molecule has 4 aliphatic heterocycles. The number of carbonyl (C=O) groups excluding carboxylic acids is 2. The summed E-state index contributed by atoms with van der Waals surface area (Å²) in [4.78, 5) is 36.3. The molecule has 0 saturated carbocycles. The third-order valence-electron chi connectivity index (χ3n) is 12.9. The highest BCUT2D eigenvalue weighted by Gasteiger charge is 2.41. The van der Waals surface area contributed by atoms with Crippen LogP contribution in [-0.4, -0.2) is 89.6 Å². The van der Waals surface area contributed by atoms with Gasteiger partial charge in [-0.15, -0.1) is 4.99 Å². The molecular weight excluding hydrogens is 694 g/mol. The highest BCUT2D eigenvalue weighted by molar-refractivity contribution is 6.01. The molecule has 1 aliphatic carbocycles. The SMILES string of the molecule is O=C1CCC(N2Cc3cc(N4CCN(CC5CCN(c6ccc([C@@H]7c8ccc(O)cc8CC[C@@H]7c7ccccc7)c(F)c6)CC5)CC4)ccc3C2=O)C(O)=[NH+]1. The summed E-state index contributed by atoms with van der Waals surface area (Å²) >= 11 is 0. The van der Waals surface area contributed by atoms with Gasteiger partial charge in [-0.2, -0.15) is 0 Å². The number of aliphatic hydroxyl groups excluding tert-OH is 1. The maximum absolute atomic E-state index is 16.3. The van der Waals surface area contributed by atoms with Crippen molar-refractivity contribution in [2.45, 2.75) is 62.9 Å². The number of halogens is 1. The smallest absolute Gasteiger partial charge is 0.388 e. The summed E-state index contributed by atoms with van der Waals surface area (Å²) in [6.45, 7) is 7.12. The molecule has 9 rings (SSSR count). The predicted molar refractivity (Wildman–Crippen MR) is 210 cm³/mol. The van der Waals surface area contributed by atoms with Gasteiger partial charge in [-0.25, -0.2) is 9.18 Å². The number of fused-ring (bicyclic) bond motifs is 2. The van der Waals surface area contributed by atoms with Gasteiger partial charge in [0.1, 0.15) is 11.6 Å². The number of aliphatic hydroxyl groups is 1. The Bertz CT molecular complexity index is 2120. The molecule has 4 aromatic rings. The number of phenols is 1. The second-order valence-electron chi connectivity index (χ2n) is 16.1. The molecule has 2 fully saturated rings. The van der Waals surface area contributed by atoms with E-state index in [-0.39, 0.29) is 47.5 Å². The van der Waals surface area contributed by atoms with Gasteiger partial charge in [-0.05, 0) is 114 Å². The van der Waals surface area contributed by atoms with Gasteiger partial charge >= 0.3 is 11.8 Å². The van der Waals surface area contributed by atoms with Gasteiger partial charge < -0.3 is 24.9 Å². The van der Waals surface area contributed by atoms with Crippen molar-refractivity contribution >= 4 is 29.1 Å². The monoisotopic (exact) mass is 742 g/mol. The van der Waals surface area contributed by atoms with Crippen molar-refractivity contribution in [3.8, 4) is 5.75 Å². The molecule has 0 radical (unpaired) electrons. The molecule has 5 aliphatic rings. The maximum Gasteiger partial charge on any atom is 0.388 e. The maximum atomic E-state index is 16.3. The van der Waals surface area contributed by atoms with Crippen LogP contribution in [0, 0.1) is 11.7 Å². The number of piperidine rings is 1. The molecule has 55 heavy (non-hydrogen) atoms. The number of aromatic hydroxyl groups is 1. The lowest BCUT2D eigenvalue weighted by Gasteiger charge is -2.40. The lowest BCUT2D eigenvalue weighted by molar-refractivity contribution is -0.394. The van der Waals surface area contributed by atoms with Gasteiger partial charge in [0.15, 0.2) is 6.04 Å². The van der Waals surface area contributed by atoms with Crippen LogP contribution in [0.4, 0.5) is 15.8 Å². The zero-order valence-electron chi connectivity index (χ0n) is 31.2. The predicted octanol–water partition coefficient (Wildman–Crippen LogP) is 5.11. The second-order valence-corrected chi connectivity index (χ2v) is 16.1. The largest absolute Gasteiger partial charge is 0.508 e. The van der Waals surface area contributed by atoms with Crippen LogP contribution in [0.1, 0.15) is 82.1 Å². The number of aryl methyl sites for hydroxylation is 1. The molecule has 3 atom stereocenters. The van der Waals surface area contributed by atoms with E-state index in [1.54, 1.807) is 17.0 Å². The van der Waals surface area contributed by atoms with Crippen molar-refractivity contribution in [2.24, 2.45) is 5.92 Å². The quantitative estimate of drug-likeness (QED) is 0.242. The van der Waals surface area contributed by atoms with E-state index in [4.69, 9.17) is 0 Å². The van der Waals surface area contributed by atoms with Crippen LogP contribution in [0.3, 0.4) is 0 Å². The minimum absolute atomic E-state index is 0.0996. The molecule has 10 heteroatoms. The lowest BCUT2D eigenvalue weighted by Crippen LogP contribution is -2.82. The summed E-state index contributed by atoms with van der Waals surface area (Å²) in [7, 11) is 0. The Balaban J connectivity index is 0.796. The molecule has 3 N–H and O–H groups in total. The summed E-state index contributed by atoms with van der Waals surface area (Å²) in [5, 5.41) is 20.5. The molecule has 9 nitrogen and oxygen atoms in total. The van der Waals surface area contributed by atoms with E-state index in [1.807, 2.05) is 36.4 Å². The number of phenolic OH excluding ortho intramolecular Hbond substituents is 1. The van der Waals surface area contributed by atoms with Crippen molar-refractivity contribution in [2.75, 3.05) is 55.6 Å². The van der Waals surface area contributed by atoms with Crippen LogP contribution in [0.25, 0.3) is 0 Å². The first-order valence-electron chi connectivity index (χ1n) is 20.0. The minimum Gasteiger partial charge on any atom is -0.508 e. The van der Waals surface area contributed by atoms with E-state index in [0.29, 0.717) is 24.4 Å². The fraction of sp³-hybridized carbons (Fsp3) is 0.400. The number of nitrogens with one attached hydrogen (secondary N) is 1. The van der Waals surface area contributed by atoms with E-state index in [1.165, 1.54) is 5.56 Å². The van der Waals surface area contributed by atoms with E-state index >= 15 is 4.39 Å². The number of amides is 2. The second kappa shape index (κ2) is 14.8. The molecule has 1 unspecified atom stereocenters. The van der Waals surface area contributed by atoms with E-state index in [2.05, 4.69) is 56.1 Å². The van der Waals surface area contributed by atoms with Crippen LogP contribution in [-0.2, 0) is 17.8 Å². The summed E-state index contributed by atoms with van der Waals surface area (Å²) < 4.78 is 16.3. The topological polar surface area (TPSA) is 102 Å². The summed E-state index contributed by atoms with van der Waals surface area (Å²) in [5.41, 5.74) is 7.86. The summed E-state index contributed by atoms with van der Waals surface area (Å²) in [6.07, 6.45) is 4.63. The van der Waals surface area contributed by atoms with Crippen LogP contribution in [0.2, 0.25) is 0 Å². The third-order valence-corrected chi connectivity index (χ3v) is 12.9. The van der Waals surface area contributed by atoms with Gasteiger partial charge in [0.05, 0.1) is 6.42 Å². The Morgan fingerprint density at radius 2 is 1.44 bits per heavy atom. The van der Waals surface area contributed by atoms with Crippen LogP contribution < -0.4 is 14.8 Å². The number of carbonyl (C=O) groups is 2. The molecule has 284 valence electrons. The minimum atomic E-state index is -0.492. The Morgan fingerprint density at radius 3 is 2.20 bits per heavy atom. The van der Waals surface area contributed by atoms with Gasteiger partial charge in [-0.3, -0.25) is 9.69 Å². The number of rotatable bonds is 7. The number of hydrogen-bond acceptors (Lipinski definition) is 6. The average Bonchev–Trinajstić information content (AvgIpc) is 3.53. The van der Waals surface area contributed by atoms with E-state index in [9.17, 15) is 19.8 Å². The van der Waals surface area contributed by atoms with Crippen LogP contribution >= 0.6 is 0 Å². The van der Waals surface area contributed by atoms with Gasteiger partial charge in [0.25, 0.3) is 5.91 Å². The van der Waals surface area contributed by atoms with Crippen molar-refractivity contribution < 1.29 is 29.2 Å². The highest BCUT2D eigenvalue weighted by Crippen LogP contribution is 2.48. The molecule has 0 bridgehead atoms. The zero-order chi connectivity index (χ0) is 37.6. The Hall–Kier alpha value is -5.22. The van der Waals surface area contributed by atoms with E-state index < -0.39 is 6.04 Å². The normalized spacial score (nSPS) is 23.5. The van der Waals surface area contributed by atoms with E-state index in [0.717, 1.165) is 105 Å². The van der Waals surface area contributed by atoms with Crippen molar-refractivity contribution in [1.29, 1.82) is 0 Å². The number of piperazine rings is 1.